The number of rotatable bonds is 6. The topological polar surface area (TPSA) is 87.4 Å². The van der Waals surface area contributed by atoms with E-state index in [-0.39, 0.29) is 36.4 Å². The maximum absolute atomic E-state index is 13.1. The first-order chi connectivity index (χ1) is 13.4. The smallest absolute Gasteiger partial charge is 0.332 e. The summed E-state index contributed by atoms with van der Waals surface area (Å²) in [7, 11) is 0. The summed E-state index contributed by atoms with van der Waals surface area (Å²) in [5.74, 6) is -0.797. The summed E-state index contributed by atoms with van der Waals surface area (Å²) in [6.07, 6.45) is 0. The van der Waals surface area contributed by atoms with E-state index >= 15 is 0 Å². The second-order valence-corrected chi connectivity index (χ2v) is 6.34. The van der Waals surface area contributed by atoms with E-state index in [0.29, 0.717) is 5.56 Å². The highest BCUT2D eigenvalue weighted by Crippen LogP contribution is 2.13. The van der Waals surface area contributed by atoms with Gasteiger partial charge in [0.25, 0.3) is 5.56 Å². The SMILES string of the molecule is CCOC(=O)Cn1c(=O)n(Cc2ccccc2)c(=O)c2ccc(C(C)=O)cc21. The van der Waals surface area contributed by atoms with Crippen LogP contribution in [0, 0.1) is 0 Å². The van der Waals surface area contributed by atoms with Crippen molar-refractivity contribution in [2.24, 2.45) is 0 Å². The van der Waals surface area contributed by atoms with Crippen LogP contribution >= 0.6 is 0 Å². The lowest BCUT2D eigenvalue weighted by atomic mass is 10.1. The first-order valence-electron chi connectivity index (χ1n) is 8.90. The summed E-state index contributed by atoms with van der Waals surface area (Å²) in [5.41, 5.74) is 0.267. The molecule has 0 aliphatic rings. The highest BCUT2D eigenvalue weighted by atomic mass is 16.5. The minimum atomic E-state index is -0.630. The maximum Gasteiger partial charge on any atom is 0.332 e. The number of ketones is 1. The van der Waals surface area contributed by atoms with Gasteiger partial charge < -0.3 is 4.74 Å². The van der Waals surface area contributed by atoms with Crippen LogP contribution in [-0.4, -0.2) is 27.5 Å². The van der Waals surface area contributed by atoms with Crippen LogP contribution in [0.2, 0.25) is 0 Å². The number of carbonyl (C=O) groups excluding carboxylic acids is 2. The number of hydrogen-bond acceptors (Lipinski definition) is 5. The van der Waals surface area contributed by atoms with Crippen LogP contribution in [0.4, 0.5) is 0 Å². The molecule has 28 heavy (non-hydrogen) atoms. The molecule has 0 radical (unpaired) electrons. The Morgan fingerprint density at radius 1 is 1.00 bits per heavy atom. The number of fused-ring (bicyclic) bond motifs is 1. The average molecular weight is 380 g/mol. The summed E-state index contributed by atoms with van der Waals surface area (Å²) < 4.78 is 7.24. The van der Waals surface area contributed by atoms with Gasteiger partial charge in [0.15, 0.2) is 5.78 Å². The Morgan fingerprint density at radius 3 is 2.36 bits per heavy atom. The lowest BCUT2D eigenvalue weighted by Crippen LogP contribution is -2.41. The first-order valence-corrected chi connectivity index (χ1v) is 8.90. The monoisotopic (exact) mass is 380 g/mol. The molecule has 0 bridgehead atoms. The Bertz CT molecular complexity index is 1160. The quantitative estimate of drug-likeness (QED) is 0.482. The number of carbonyl (C=O) groups is 2. The number of ether oxygens (including phenoxy) is 1. The number of nitrogens with zero attached hydrogens (tertiary/aromatic N) is 2. The van der Waals surface area contributed by atoms with Crippen LogP contribution in [0.3, 0.4) is 0 Å². The fourth-order valence-corrected chi connectivity index (χ4v) is 3.03. The molecule has 1 heterocycles. The van der Waals surface area contributed by atoms with E-state index < -0.39 is 17.2 Å². The van der Waals surface area contributed by atoms with Crippen molar-refractivity contribution in [3.05, 3.63) is 80.5 Å². The van der Waals surface area contributed by atoms with Crippen LogP contribution in [-0.2, 0) is 22.6 Å². The molecule has 0 aliphatic carbocycles. The zero-order valence-corrected chi connectivity index (χ0v) is 15.7. The largest absolute Gasteiger partial charge is 0.465 e. The fourth-order valence-electron chi connectivity index (χ4n) is 3.03. The van der Waals surface area contributed by atoms with Crippen molar-refractivity contribution in [2.45, 2.75) is 26.9 Å². The molecule has 2 aromatic carbocycles. The number of esters is 1. The van der Waals surface area contributed by atoms with Crippen LogP contribution in [0.5, 0.6) is 0 Å². The zero-order chi connectivity index (χ0) is 20.3. The Labute approximate surface area is 160 Å². The molecule has 0 saturated carbocycles. The molecular weight excluding hydrogens is 360 g/mol. The van der Waals surface area contributed by atoms with Crippen molar-refractivity contribution in [3.8, 4) is 0 Å². The summed E-state index contributed by atoms with van der Waals surface area (Å²) in [6.45, 7) is 2.97. The lowest BCUT2D eigenvalue weighted by Gasteiger charge is -2.14. The molecule has 1 aromatic heterocycles. The van der Waals surface area contributed by atoms with Gasteiger partial charge in [-0.1, -0.05) is 36.4 Å². The molecule has 0 unspecified atom stereocenters. The summed E-state index contributed by atoms with van der Waals surface area (Å²) >= 11 is 0. The molecule has 144 valence electrons. The average Bonchev–Trinajstić information content (AvgIpc) is 2.69. The van der Waals surface area contributed by atoms with Gasteiger partial charge in [-0.05, 0) is 31.5 Å². The highest BCUT2D eigenvalue weighted by molar-refractivity contribution is 5.97. The van der Waals surface area contributed by atoms with E-state index in [4.69, 9.17) is 4.74 Å². The molecule has 7 nitrogen and oxygen atoms in total. The normalized spacial score (nSPS) is 10.8. The van der Waals surface area contributed by atoms with Crippen LogP contribution in [0.25, 0.3) is 10.9 Å². The first kappa shape index (κ1) is 19.3. The van der Waals surface area contributed by atoms with Gasteiger partial charge in [0.05, 0.1) is 24.1 Å². The molecule has 0 atom stereocenters. The van der Waals surface area contributed by atoms with Gasteiger partial charge in [0.1, 0.15) is 6.54 Å². The van der Waals surface area contributed by atoms with E-state index in [1.165, 1.54) is 29.7 Å². The predicted octanol–water partition coefficient (Wildman–Crippen LogP) is 1.98. The van der Waals surface area contributed by atoms with Gasteiger partial charge in [-0.15, -0.1) is 0 Å². The number of Topliss-reactive ketones (excluding diaryl/α,β-unsaturated/α-hetero) is 1. The van der Waals surface area contributed by atoms with E-state index in [2.05, 4.69) is 0 Å². The summed E-state index contributed by atoms with van der Waals surface area (Å²) in [5, 5.41) is 0.254. The second kappa shape index (κ2) is 8.04. The third-order valence-electron chi connectivity index (χ3n) is 4.41. The van der Waals surface area contributed by atoms with Crippen molar-refractivity contribution in [1.82, 2.24) is 9.13 Å². The van der Waals surface area contributed by atoms with Crippen molar-refractivity contribution in [3.63, 3.8) is 0 Å². The molecule has 0 aliphatic heterocycles. The Hall–Kier alpha value is -3.48. The molecule has 0 fully saturated rings. The third kappa shape index (κ3) is 3.78. The van der Waals surface area contributed by atoms with Crippen molar-refractivity contribution >= 4 is 22.7 Å². The van der Waals surface area contributed by atoms with Gasteiger partial charge in [-0.25, -0.2) is 4.79 Å². The number of hydrogen-bond donors (Lipinski definition) is 0. The molecule has 0 N–H and O–H groups in total. The lowest BCUT2D eigenvalue weighted by molar-refractivity contribution is -0.143. The van der Waals surface area contributed by atoms with Gasteiger partial charge >= 0.3 is 11.7 Å². The van der Waals surface area contributed by atoms with Gasteiger partial charge in [-0.3, -0.25) is 23.5 Å². The summed E-state index contributed by atoms with van der Waals surface area (Å²) in [6, 6.07) is 13.6. The maximum atomic E-state index is 13.1. The van der Waals surface area contributed by atoms with Crippen LogP contribution < -0.4 is 11.2 Å². The molecule has 0 spiro atoms. The fraction of sp³-hybridized carbons (Fsp3) is 0.238. The van der Waals surface area contributed by atoms with Gasteiger partial charge in [-0.2, -0.15) is 0 Å². The van der Waals surface area contributed by atoms with Crippen LogP contribution in [0.15, 0.2) is 58.1 Å². The standard InChI is InChI=1S/C21H20N2O5/c1-3-28-19(25)13-22-18-11-16(14(2)24)9-10-17(18)20(26)23(21(22)27)12-15-7-5-4-6-8-15/h4-11H,3,12-13H2,1-2H3. The number of aromatic nitrogens is 2. The number of benzene rings is 2. The molecule has 3 rings (SSSR count). The van der Waals surface area contributed by atoms with E-state index in [9.17, 15) is 19.2 Å². The predicted molar refractivity (Wildman–Crippen MR) is 105 cm³/mol. The summed E-state index contributed by atoms with van der Waals surface area (Å²) in [4.78, 5) is 49.8. The Balaban J connectivity index is 2.26. The van der Waals surface area contributed by atoms with E-state index in [1.807, 2.05) is 30.3 Å². The minimum Gasteiger partial charge on any atom is -0.465 e. The minimum absolute atomic E-state index is 0.0751. The van der Waals surface area contributed by atoms with Crippen molar-refractivity contribution < 1.29 is 14.3 Å². The third-order valence-corrected chi connectivity index (χ3v) is 4.41. The zero-order valence-electron chi connectivity index (χ0n) is 15.7. The molecule has 3 aromatic rings. The molecule has 0 amide bonds. The molecule has 7 heteroatoms. The Morgan fingerprint density at radius 2 is 1.71 bits per heavy atom. The molecular formula is C21H20N2O5. The van der Waals surface area contributed by atoms with Gasteiger partial charge in [0.2, 0.25) is 0 Å². The van der Waals surface area contributed by atoms with Crippen molar-refractivity contribution in [2.75, 3.05) is 6.61 Å². The van der Waals surface area contributed by atoms with E-state index in [0.717, 1.165) is 10.1 Å². The van der Waals surface area contributed by atoms with Crippen LogP contribution in [0.1, 0.15) is 29.8 Å². The van der Waals surface area contributed by atoms with Gasteiger partial charge in [0, 0.05) is 5.56 Å². The van der Waals surface area contributed by atoms with Crippen molar-refractivity contribution in [1.29, 1.82) is 0 Å². The Kier molecular flexibility index (Phi) is 5.54. The van der Waals surface area contributed by atoms with E-state index in [1.54, 1.807) is 6.92 Å². The second-order valence-electron chi connectivity index (χ2n) is 6.34. The molecule has 0 saturated heterocycles. The highest BCUT2D eigenvalue weighted by Gasteiger charge is 2.17.